The summed E-state index contributed by atoms with van der Waals surface area (Å²) < 4.78 is 0. The molecule has 0 amide bonds. The molecule has 0 saturated heterocycles. The predicted octanol–water partition coefficient (Wildman–Crippen LogP) is 6.35. The smallest absolute Gasteiger partial charge is 0.123 e. The molecule has 4 nitrogen and oxygen atoms in total. The van der Waals surface area contributed by atoms with E-state index in [0.29, 0.717) is 0 Å². The Morgan fingerprint density at radius 3 is 1.81 bits per heavy atom. The van der Waals surface area contributed by atoms with Gasteiger partial charge in [0.25, 0.3) is 0 Å². The lowest BCUT2D eigenvalue weighted by molar-refractivity contribution is 0.181. The first-order chi connectivity index (χ1) is 14.6. The van der Waals surface area contributed by atoms with E-state index in [9.17, 15) is 20.4 Å². The number of rotatable bonds is 5. The molecule has 2 aliphatic rings. The summed E-state index contributed by atoms with van der Waals surface area (Å²) in [6.07, 6.45) is 5.48. The highest BCUT2D eigenvalue weighted by Gasteiger charge is 2.65. The van der Waals surface area contributed by atoms with Crippen molar-refractivity contribution in [3.63, 3.8) is 0 Å². The zero-order chi connectivity index (χ0) is 22.8. The molecule has 4 unspecified atom stereocenters. The Morgan fingerprint density at radius 1 is 0.774 bits per heavy atom. The van der Waals surface area contributed by atoms with Crippen LogP contribution in [0.15, 0.2) is 24.3 Å². The fourth-order valence-corrected chi connectivity index (χ4v) is 7.71. The molecule has 4 heteroatoms. The van der Waals surface area contributed by atoms with E-state index in [-0.39, 0.29) is 39.7 Å². The highest BCUT2D eigenvalue weighted by molar-refractivity contribution is 5.69. The second kappa shape index (κ2) is 7.08. The Bertz CT molecular complexity index is 1010. The second-order valence-corrected chi connectivity index (χ2v) is 10.4. The van der Waals surface area contributed by atoms with E-state index in [4.69, 9.17) is 0 Å². The van der Waals surface area contributed by atoms with Gasteiger partial charge in [-0.05, 0) is 59.3 Å². The largest absolute Gasteiger partial charge is 0.508 e. The van der Waals surface area contributed by atoms with Crippen LogP contribution in [0.4, 0.5) is 0 Å². The van der Waals surface area contributed by atoms with E-state index in [1.54, 1.807) is 0 Å². The van der Waals surface area contributed by atoms with Gasteiger partial charge in [-0.3, -0.25) is 0 Å². The highest BCUT2D eigenvalue weighted by atomic mass is 16.3. The summed E-state index contributed by atoms with van der Waals surface area (Å²) in [6, 6.07) is 6.53. The molecule has 168 valence electrons. The van der Waals surface area contributed by atoms with E-state index in [0.717, 1.165) is 60.8 Å². The molecule has 0 bridgehead atoms. The van der Waals surface area contributed by atoms with Crippen LogP contribution in [0.25, 0.3) is 0 Å². The Hall–Kier alpha value is -2.36. The molecule has 4 rings (SSSR count). The minimum atomic E-state index is -0.567. The number of phenolic OH excluding ortho intramolecular Hbond substituents is 4. The summed E-state index contributed by atoms with van der Waals surface area (Å²) >= 11 is 0. The fourth-order valence-electron chi connectivity index (χ4n) is 7.71. The second-order valence-electron chi connectivity index (χ2n) is 10.4. The molecule has 4 atom stereocenters. The maximum Gasteiger partial charge on any atom is 0.123 e. The molecule has 0 heterocycles. The van der Waals surface area contributed by atoms with E-state index < -0.39 is 5.41 Å². The Morgan fingerprint density at radius 2 is 1.29 bits per heavy atom. The first-order valence-corrected chi connectivity index (χ1v) is 11.7. The van der Waals surface area contributed by atoms with E-state index >= 15 is 0 Å². The lowest BCUT2D eigenvalue weighted by atomic mass is 9.61. The number of aromatic hydroxyl groups is 4. The summed E-state index contributed by atoms with van der Waals surface area (Å²) in [5, 5.41) is 43.2. The quantitative estimate of drug-likeness (QED) is 0.450. The number of fused-ring (bicyclic) bond motifs is 4. The molecule has 31 heavy (non-hydrogen) atoms. The third-order valence-electron chi connectivity index (χ3n) is 8.37. The molecule has 0 radical (unpaired) electrons. The van der Waals surface area contributed by atoms with Crippen LogP contribution in [0.1, 0.15) is 95.4 Å². The standard InChI is InChI=1S/C27H36O4/c1-6-9-25(4)15-27(23-18(25)11-16(28)13-20(23)30)22(8-3)26(5,10-7-2)19-12-17(29)14-21(31)24(19)27/h11-14,22,28-31H,6-10,15H2,1-5H3. The molecule has 2 aliphatic carbocycles. The van der Waals surface area contributed by atoms with Gasteiger partial charge in [0.1, 0.15) is 23.0 Å². The first kappa shape index (κ1) is 21.9. The lowest BCUT2D eigenvalue weighted by Crippen LogP contribution is -2.40. The van der Waals surface area contributed by atoms with Crippen molar-refractivity contribution in [1.29, 1.82) is 0 Å². The van der Waals surface area contributed by atoms with Crippen LogP contribution in [0.5, 0.6) is 23.0 Å². The number of phenols is 4. The summed E-state index contributed by atoms with van der Waals surface area (Å²) in [4.78, 5) is 0. The van der Waals surface area contributed by atoms with Gasteiger partial charge in [-0.2, -0.15) is 0 Å². The Labute approximate surface area is 185 Å². The maximum absolute atomic E-state index is 11.2. The van der Waals surface area contributed by atoms with Crippen molar-refractivity contribution in [3.05, 3.63) is 46.5 Å². The lowest BCUT2D eigenvalue weighted by Gasteiger charge is -2.42. The molecular formula is C27H36O4. The van der Waals surface area contributed by atoms with Gasteiger partial charge in [0.2, 0.25) is 0 Å². The van der Waals surface area contributed by atoms with Crippen molar-refractivity contribution in [1.82, 2.24) is 0 Å². The van der Waals surface area contributed by atoms with Crippen molar-refractivity contribution in [2.45, 2.75) is 89.4 Å². The number of hydrogen-bond donors (Lipinski definition) is 4. The minimum Gasteiger partial charge on any atom is -0.508 e. The van der Waals surface area contributed by atoms with Crippen LogP contribution in [-0.2, 0) is 16.2 Å². The Balaban J connectivity index is 2.15. The number of benzene rings is 2. The summed E-state index contributed by atoms with van der Waals surface area (Å²) in [6.45, 7) is 11.0. The molecule has 0 aliphatic heterocycles. The van der Waals surface area contributed by atoms with Crippen LogP contribution >= 0.6 is 0 Å². The van der Waals surface area contributed by atoms with Crippen molar-refractivity contribution in [3.8, 4) is 23.0 Å². The molecule has 0 fully saturated rings. The monoisotopic (exact) mass is 424 g/mol. The zero-order valence-corrected chi connectivity index (χ0v) is 19.4. The summed E-state index contributed by atoms with van der Waals surface area (Å²) in [5.41, 5.74) is 2.66. The molecule has 2 aromatic rings. The molecule has 2 aromatic carbocycles. The third-order valence-corrected chi connectivity index (χ3v) is 8.37. The van der Waals surface area contributed by atoms with Crippen molar-refractivity contribution in [2.24, 2.45) is 5.92 Å². The van der Waals surface area contributed by atoms with Gasteiger partial charge in [-0.15, -0.1) is 0 Å². The van der Waals surface area contributed by atoms with Crippen molar-refractivity contribution in [2.75, 3.05) is 0 Å². The van der Waals surface area contributed by atoms with Crippen LogP contribution in [-0.4, -0.2) is 20.4 Å². The van der Waals surface area contributed by atoms with Crippen LogP contribution in [0, 0.1) is 5.92 Å². The average Bonchev–Trinajstić information content (AvgIpc) is 3.02. The van der Waals surface area contributed by atoms with Gasteiger partial charge >= 0.3 is 0 Å². The van der Waals surface area contributed by atoms with Crippen molar-refractivity contribution < 1.29 is 20.4 Å². The highest BCUT2D eigenvalue weighted by Crippen LogP contribution is 2.71. The fraction of sp³-hybridized carbons (Fsp3) is 0.556. The van der Waals surface area contributed by atoms with Gasteiger partial charge in [-0.1, -0.05) is 53.9 Å². The Kier molecular flexibility index (Phi) is 4.99. The van der Waals surface area contributed by atoms with E-state index in [1.807, 2.05) is 12.1 Å². The van der Waals surface area contributed by atoms with Gasteiger partial charge in [0.05, 0.1) is 0 Å². The molecule has 0 saturated carbocycles. The average molecular weight is 425 g/mol. The molecule has 1 spiro atoms. The van der Waals surface area contributed by atoms with Crippen molar-refractivity contribution >= 4 is 0 Å². The van der Waals surface area contributed by atoms with Gasteiger partial charge in [-0.25, -0.2) is 0 Å². The van der Waals surface area contributed by atoms with Gasteiger partial charge in [0, 0.05) is 28.7 Å². The topological polar surface area (TPSA) is 80.9 Å². The first-order valence-electron chi connectivity index (χ1n) is 11.7. The van der Waals surface area contributed by atoms with Crippen LogP contribution in [0.3, 0.4) is 0 Å². The normalized spacial score (nSPS) is 31.2. The third kappa shape index (κ3) is 2.73. The van der Waals surface area contributed by atoms with E-state index in [2.05, 4.69) is 34.6 Å². The van der Waals surface area contributed by atoms with Crippen LogP contribution < -0.4 is 0 Å². The number of hydrogen-bond acceptors (Lipinski definition) is 4. The summed E-state index contributed by atoms with van der Waals surface area (Å²) in [5.74, 6) is 0.513. The maximum atomic E-state index is 11.2. The van der Waals surface area contributed by atoms with Gasteiger partial charge in [0.15, 0.2) is 0 Å². The minimum absolute atomic E-state index is 0.0770. The molecular weight excluding hydrogens is 388 g/mol. The SMILES string of the molecule is CCCC1(C)CC2(c3c(O)cc(O)cc31)c1c(O)cc(O)cc1C(C)(CCC)C2CC. The van der Waals surface area contributed by atoms with Crippen LogP contribution in [0.2, 0.25) is 0 Å². The predicted molar refractivity (Wildman–Crippen MR) is 123 cm³/mol. The molecule has 4 N–H and O–H groups in total. The van der Waals surface area contributed by atoms with Gasteiger partial charge < -0.3 is 20.4 Å². The summed E-state index contributed by atoms with van der Waals surface area (Å²) in [7, 11) is 0. The van der Waals surface area contributed by atoms with E-state index in [1.165, 1.54) is 12.1 Å². The zero-order valence-electron chi connectivity index (χ0n) is 19.4. The molecule has 0 aromatic heterocycles.